The number of amides is 1. The van der Waals surface area contributed by atoms with Crippen LogP contribution in [0, 0.1) is 0 Å². The van der Waals surface area contributed by atoms with E-state index in [4.69, 9.17) is 21.3 Å². The van der Waals surface area contributed by atoms with Crippen molar-refractivity contribution in [3.63, 3.8) is 0 Å². The zero-order valence-corrected chi connectivity index (χ0v) is 18.6. The van der Waals surface area contributed by atoms with Crippen molar-refractivity contribution in [1.82, 2.24) is 4.90 Å². The van der Waals surface area contributed by atoms with E-state index >= 15 is 0 Å². The molecule has 0 unspecified atom stereocenters. The Morgan fingerprint density at radius 2 is 1.74 bits per heavy atom. The third-order valence-electron chi connectivity index (χ3n) is 4.61. The van der Waals surface area contributed by atoms with Crippen LogP contribution < -0.4 is 4.74 Å². The molecule has 1 fully saturated rings. The molecule has 1 heterocycles. The van der Waals surface area contributed by atoms with Crippen molar-refractivity contribution in [2.75, 3.05) is 6.61 Å². The van der Waals surface area contributed by atoms with Crippen molar-refractivity contribution in [2.24, 2.45) is 4.99 Å². The van der Waals surface area contributed by atoms with Crippen LogP contribution in [0.5, 0.6) is 5.75 Å². The maximum absolute atomic E-state index is 13.3. The Labute approximate surface area is 191 Å². The van der Waals surface area contributed by atoms with E-state index < -0.39 is 0 Å². The van der Waals surface area contributed by atoms with Gasteiger partial charge >= 0.3 is 0 Å². The van der Waals surface area contributed by atoms with E-state index in [0.717, 1.165) is 16.8 Å². The standard InChI is InChI=1S/C25H21ClN2O2S/c1-2-30-22-14-13-19(15-21(22)26)16-23-24(29)28(17-18-9-5-3-6-10-18)25(31-23)27-20-11-7-4-8-12-20/h3-16H,2,17H2,1H3/b23-16-,27-25?. The second-order valence-corrected chi connectivity index (χ2v) is 8.26. The first-order valence-electron chi connectivity index (χ1n) is 9.95. The van der Waals surface area contributed by atoms with Gasteiger partial charge in [-0.15, -0.1) is 0 Å². The Kier molecular flexibility index (Phi) is 6.75. The summed E-state index contributed by atoms with van der Waals surface area (Å²) in [5, 5.41) is 1.18. The molecule has 0 atom stereocenters. The Morgan fingerprint density at radius 1 is 1.03 bits per heavy atom. The van der Waals surface area contributed by atoms with Crippen LogP contribution in [-0.2, 0) is 11.3 Å². The number of nitrogens with zero attached hydrogens (tertiary/aromatic N) is 2. The molecule has 0 spiro atoms. The third kappa shape index (κ3) is 5.19. The molecule has 156 valence electrons. The normalized spacial score (nSPS) is 16.3. The summed E-state index contributed by atoms with van der Waals surface area (Å²) < 4.78 is 5.50. The average Bonchev–Trinajstić information content (AvgIpc) is 3.06. The smallest absolute Gasteiger partial charge is 0.267 e. The van der Waals surface area contributed by atoms with Crippen molar-refractivity contribution in [3.05, 3.63) is 99.9 Å². The van der Waals surface area contributed by atoms with Crippen molar-refractivity contribution in [1.29, 1.82) is 0 Å². The number of amidine groups is 1. The molecule has 31 heavy (non-hydrogen) atoms. The van der Waals surface area contributed by atoms with Crippen molar-refractivity contribution in [2.45, 2.75) is 13.5 Å². The molecule has 0 radical (unpaired) electrons. The lowest BCUT2D eigenvalue weighted by molar-refractivity contribution is -0.122. The van der Waals surface area contributed by atoms with Crippen molar-refractivity contribution < 1.29 is 9.53 Å². The van der Waals surface area contributed by atoms with E-state index in [9.17, 15) is 4.79 Å². The molecule has 0 N–H and O–H groups in total. The van der Waals surface area contributed by atoms with Crippen LogP contribution in [0.1, 0.15) is 18.1 Å². The monoisotopic (exact) mass is 448 g/mol. The summed E-state index contributed by atoms with van der Waals surface area (Å²) in [7, 11) is 0. The van der Waals surface area contributed by atoms with Crippen LogP contribution in [0.2, 0.25) is 5.02 Å². The number of carbonyl (C=O) groups excluding carboxylic acids is 1. The highest BCUT2D eigenvalue weighted by atomic mass is 35.5. The fourth-order valence-corrected chi connectivity index (χ4v) is 4.38. The molecule has 0 aliphatic carbocycles. The number of aliphatic imine (C=N–C) groups is 1. The zero-order chi connectivity index (χ0) is 21.6. The van der Waals surface area contributed by atoms with Gasteiger partial charge in [0.25, 0.3) is 5.91 Å². The molecule has 1 aliphatic rings. The van der Waals surface area contributed by atoms with Crippen LogP contribution in [0.25, 0.3) is 6.08 Å². The van der Waals surface area contributed by atoms with E-state index in [1.54, 1.807) is 11.0 Å². The summed E-state index contributed by atoms with van der Waals surface area (Å²) in [6.45, 7) is 2.91. The lowest BCUT2D eigenvalue weighted by Crippen LogP contribution is -2.28. The number of thioether (sulfide) groups is 1. The van der Waals surface area contributed by atoms with Gasteiger partial charge in [-0.2, -0.15) is 0 Å². The number of halogens is 1. The van der Waals surface area contributed by atoms with E-state index in [-0.39, 0.29) is 5.91 Å². The quantitative estimate of drug-likeness (QED) is 0.402. The minimum atomic E-state index is -0.0754. The first-order chi connectivity index (χ1) is 15.1. The van der Waals surface area contributed by atoms with E-state index in [0.29, 0.717) is 34.0 Å². The minimum absolute atomic E-state index is 0.0754. The predicted octanol–water partition coefficient (Wildman–Crippen LogP) is 6.54. The van der Waals surface area contributed by atoms with Crippen LogP contribution >= 0.6 is 23.4 Å². The van der Waals surface area contributed by atoms with E-state index in [1.165, 1.54) is 11.8 Å². The highest BCUT2D eigenvalue weighted by Crippen LogP contribution is 2.36. The summed E-state index contributed by atoms with van der Waals surface area (Å²) in [6.07, 6.45) is 1.85. The number of ether oxygens (including phenoxy) is 1. The lowest BCUT2D eigenvalue weighted by atomic mass is 10.2. The molecule has 4 rings (SSSR count). The van der Waals surface area contributed by atoms with Crippen LogP contribution in [0.15, 0.2) is 88.8 Å². The third-order valence-corrected chi connectivity index (χ3v) is 5.91. The molecule has 3 aromatic carbocycles. The molecule has 1 aliphatic heterocycles. The fraction of sp³-hybridized carbons (Fsp3) is 0.120. The Hall–Kier alpha value is -3.02. The van der Waals surface area contributed by atoms with Gasteiger partial charge in [0.05, 0.1) is 28.8 Å². The van der Waals surface area contributed by atoms with Crippen molar-refractivity contribution >= 4 is 46.2 Å². The fourth-order valence-electron chi connectivity index (χ4n) is 3.14. The van der Waals surface area contributed by atoms with E-state index in [1.807, 2.05) is 85.8 Å². The van der Waals surface area contributed by atoms with Gasteiger partial charge in [0, 0.05) is 0 Å². The number of para-hydroxylation sites is 1. The Morgan fingerprint density at radius 3 is 2.42 bits per heavy atom. The molecular weight excluding hydrogens is 428 g/mol. The SMILES string of the molecule is CCOc1ccc(/C=C2\SC(=Nc3ccccc3)N(Cc3ccccc3)C2=O)cc1Cl. The zero-order valence-electron chi connectivity index (χ0n) is 17.0. The Balaban J connectivity index is 1.67. The predicted molar refractivity (Wildman–Crippen MR) is 129 cm³/mol. The van der Waals surface area contributed by atoms with Gasteiger partial charge in [-0.05, 0) is 60.2 Å². The lowest BCUT2D eigenvalue weighted by Gasteiger charge is -2.15. The number of carbonyl (C=O) groups is 1. The molecule has 3 aromatic rings. The van der Waals surface area contributed by atoms with Gasteiger partial charge in [0.2, 0.25) is 0 Å². The summed E-state index contributed by atoms with van der Waals surface area (Å²) in [5.74, 6) is 0.558. The number of hydrogen-bond donors (Lipinski definition) is 0. The van der Waals surface area contributed by atoms with Gasteiger partial charge in [-0.1, -0.05) is 66.2 Å². The summed E-state index contributed by atoms with van der Waals surface area (Å²) >= 11 is 7.69. The molecule has 0 aromatic heterocycles. The molecule has 1 saturated heterocycles. The topological polar surface area (TPSA) is 41.9 Å². The number of rotatable bonds is 6. The van der Waals surface area contributed by atoms with Gasteiger partial charge < -0.3 is 4.74 Å². The second kappa shape index (κ2) is 9.86. The average molecular weight is 449 g/mol. The summed E-state index contributed by atoms with van der Waals surface area (Å²) in [5.41, 5.74) is 2.69. The first-order valence-corrected chi connectivity index (χ1v) is 11.1. The summed E-state index contributed by atoms with van der Waals surface area (Å²) in [6, 6.07) is 25.1. The van der Waals surface area contributed by atoms with Crippen LogP contribution in [0.3, 0.4) is 0 Å². The molecule has 0 saturated carbocycles. The first kappa shape index (κ1) is 21.2. The molecule has 0 bridgehead atoms. The Bertz CT molecular complexity index is 1130. The maximum Gasteiger partial charge on any atom is 0.267 e. The second-order valence-electron chi connectivity index (χ2n) is 6.84. The molecule has 1 amide bonds. The largest absolute Gasteiger partial charge is 0.492 e. The molecule has 4 nitrogen and oxygen atoms in total. The van der Waals surface area contributed by atoms with Gasteiger partial charge in [-0.3, -0.25) is 9.69 Å². The van der Waals surface area contributed by atoms with Crippen LogP contribution in [-0.4, -0.2) is 22.6 Å². The van der Waals surface area contributed by atoms with E-state index in [2.05, 4.69) is 0 Å². The maximum atomic E-state index is 13.3. The van der Waals surface area contributed by atoms with Crippen LogP contribution in [0.4, 0.5) is 5.69 Å². The summed E-state index contributed by atoms with van der Waals surface area (Å²) in [4.78, 5) is 20.3. The molecular formula is C25H21ClN2O2S. The van der Waals surface area contributed by atoms with Gasteiger partial charge in [0.15, 0.2) is 5.17 Å². The van der Waals surface area contributed by atoms with Gasteiger partial charge in [-0.25, -0.2) is 4.99 Å². The highest BCUT2D eigenvalue weighted by Gasteiger charge is 2.33. The van der Waals surface area contributed by atoms with Crippen molar-refractivity contribution in [3.8, 4) is 5.75 Å². The highest BCUT2D eigenvalue weighted by molar-refractivity contribution is 8.18. The minimum Gasteiger partial charge on any atom is -0.492 e. The van der Waals surface area contributed by atoms with Gasteiger partial charge in [0.1, 0.15) is 5.75 Å². The molecule has 6 heteroatoms. The number of benzene rings is 3. The number of hydrogen-bond acceptors (Lipinski definition) is 4.